The predicted octanol–water partition coefficient (Wildman–Crippen LogP) is 2.60. The molecule has 0 saturated heterocycles. The van der Waals surface area contributed by atoms with Gasteiger partial charge in [0, 0.05) is 11.0 Å². The van der Waals surface area contributed by atoms with E-state index < -0.39 is 0 Å². The molecule has 0 aliphatic heterocycles. The van der Waals surface area contributed by atoms with Crippen LogP contribution in [0.5, 0.6) is 0 Å². The van der Waals surface area contributed by atoms with Crippen molar-refractivity contribution in [3.05, 3.63) is 11.1 Å². The number of halogens is 1. The highest BCUT2D eigenvalue weighted by Crippen LogP contribution is 2.58. The molecule has 0 aromatic carbocycles. The highest BCUT2D eigenvalue weighted by molar-refractivity contribution is 6.29. The summed E-state index contributed by atoms with van der Waals surface area (Å²) in [5.41, 5.74) is 0.137. The van der Waals surface area contributed by atoms with Gasteiger partial charge >= 0.3 is 0 Å². The second kappa shape index (κ2) is 2.63. The Morgan fingerprint density at radius 2 is 2.00 bits per heavy atom. The van der Waals surface area contributed by atoms with E-state index >= 15 is 0 Å². The topological polar surface area (TPSA) is 17.1 Å². The summed E-state index contributed by atoms with van der Waals surface area (Å²) in [5, 5.41) is 0.785. The van der Waals surface area contributed by atoms with Gasteiger partial charge in [-0.25, -0.2) is 0 Å². The molecule has 0 amide bonds. The van der Waals surface area contributed by atoms with E-state index in [0.29, 0.717) is 5.92 Å². The molecule has 1 nitrogen and oxygen atoms in total. The lowest BCUT2D eigenvalue weighted by molar-refractivity contribution is -0.109. The van der Waals surface area contributed by atoms with Gasteiger partial charge in [-0.05, 0) is 18.3 Å². The van der Waals surface area contributed by atoms with Crippen molar-refractivity contribution < 1.29 is 4.79 Å². The molecule has 1 aliphatic rings. The Morgan fingerprint density at radius 3 is 2.27 bits per heavy atom. The first-order valence-electron chi connectivity index (χ1n) is 3.79. The van der Waals surface area contributed by atoms with Crippen LogP contribution in [0, 0.1) is 17.3 Å². The summed E-state index contributed by atoms with van der Waals surface area (Å²) < 4.78 is 0. The van der Waals surface area contributed by atoms with Gasteiger partial charge in [0.15, 0.2) is 0 Å². The fourth-order valence-electron chi connectivity index (χ4n) is 1.54. The van der Waals surface area contributed by atoms with Crippen LogP contribution in [0.1, 0.15) is 20.8 Å². The molecule has 1 rings (SSSR count). The molecule has 2 heteroatoms. The Morgan fingerprint density at radius 1 is 1.45 bits per heavy atom. The first-order valence-corrected chi connectivity index (χ1v) is 4.17. The van der Waals surface area contributed by atoms with E-state index in [1.54, 1.807) is 0 Å². The summed E-state index contributed by atoms with van der Waals surface area (Å²) in [6.07, 6.45) is 3.00. The van der Waals surface area contributed by atoms with Crippen molar-refractivity contribution in [2.75, 3.05) is 0 Å². The quantitative estimate of drug-likeness (QED) is 0.586. The summed E-state index contributed by atoms with van der Waals surface area (Å²) in [5.74, 6) is 0.536. The van der Waals surface area contributed by atoms with Gasteiger partial charge in [-0.3, -0.25) is 0 Å². The minimum Gasteiger partial charge on any atom is -0.303 e. The summed E-state index contributed by atoms with van der Waals surface area (Å²) in [4.78, 5) is 10.5. The van der Waals surface area contributed by atoms with Crippen molar-refractivity contribution in [3.63, 3.8) is 0 Å². The minimum atomic E-state index is 0.137. The molecule has 0 bridgehead atoms. The Labute approximate surface area is 72.4 Å². The van der Waals surface area contributed by atoms with Gasteiger partial charge in [0.2, 0.25) is 0 Å². The van der Waals surface area contributed by atoms with Crippen LogP contribution in [-0.2, 0) is 4.79 Å². The molecule has 0 aromatic heterocycles. The van der Waals surface area contributed by atoms with E-state index in [2.05, 4.69) is 13.8 Å². The van der Waals surface area contributed by atoms with E-state index in [9.17, 15) is 4.79 Å². The fraction of sp³-hybridized carbons (Fsp3) is 0.667. The van der Waals surface area contributed by atoms with Crippen molar-refractivity contribution in [3.8, 4) is 0 Å². The SMILES string of the molecule is C/C(Cl)=C/[C@@H]1[C@@H](C=O)C1(C)C. The number of allylic oxidation sites excluding steroid dienone is 2. The van der Waals surface area contributed by atoms with Crippen molar-refractivity contribution in [2.45, 2.75) is 20.8 Å². The molecule has 0 radical (unpaired) electrons. The van der Waals surface area contributed by atoms with E-state index in [4.69, 9.17) is 11.6 Å². The summed E-state index contributed by atoms with van der Waals surface area (Å²) >= 11 is 5.71. The highest BCUT2D eigenvalue weighted by Gasteiger charge is 2.56. The maximum Gasteiger partial charge on any atom is 0.124 e. The van der Waals surface area contributed by atoms with Crippen LogP contribution in [0.3, 0.4) is 0 Å². The number of carbonyl (C=O) groups is 1. The van der Waals surface area contributed by atoms with Gasteiger partial charge in [-0.1, -0.05) is 31.5 Å². The monoisotopic (exact) mass is 172 g/mol. The van der Waals surface area contributed by atoms with Crippen LogP contribution in [0.2, 0.25) is 0 Å². The minimum absolute atomic E-state index is 0.137. The van der Waals surface area contributed by atoms with Crippen LogP contribution in [0.15, 0.2) is 11.1 Å². The third-order valence-electron chi connectivity index (χ3n) is 2.55. The lowest BCUT2D eigenvalue weighted by Gasteiger charge is -1.95. The number of carbonyl (C=O) groups excluding carboxylic acids is 1. The molecule has 62 valence electrons. The Balaban J connectivity index is 2.67. The van der Waals surface area contributed by atoms with Crippen LogP contribution < -0.4 is 0 Å². The maximum atomic E-state index is 10.5. The van der Waals surface area contributed by atoms with Crippen LogP contribution in [0.25, 0.3) is 0 Å². The van der Waals surface area contributed by atoms with Gasteiger partial charge in [0.25, 0.3) is 0 Å². The average Bonchev–Trinajstić information content (AvgIpc) is 2.33. The second-order valence-corrected chi connectivity index (χ2v) is 4.36. The maximum absolute atomic E-state index is 10.5. The second-order valence-electron chi connectivity index (χ2n) is 3.76. The number of hydrogen-bond donors (Lipinski definition) is 0. The standard InChI is InChI=1S/C9H13ClO/c1-6(10)4-7-8(5-11)9(7,2)3/h4-5,7-8H,1-3H3/b6-4-/t7-,8-/m1/s1. The first kappa shape index (κ1) is 8.79. The van der Waals surface area contributed by atoms with E-state index in [1.807, 2.05) is 13.0 Å². The van der Waals surface area contributed by atoms with Gasteiger partial charge < -0.3 is 4.79 Å². The molecule has 0 N–H and O–H groups in total. The summed E-state index contributed by atoms with van der Waals surface area (Å²) in [7, 11) is 0. The molecule has 1 fully saturated rings. The highest BCUT2D eigenvalue weighted by atomic mass is 35.5. The van der Waals surface area contributed by atoms with Crippen LogP contribution >= 0.6 is 11.6 Å². The zero-order valence-corrected chi connectivity index (χ0v) is 7.85. The number of hydrogen-bond acceptors (Lipinski definition) is 1. The molecule has 0 aromatic rings. The first-order chi connectivity index (χ1) is 5.00. The zero-order chi connectivity index (χ0) is 8.65. The molecule has 11 heavy (non-hydrogen) atoms. The van der Waals surface area contributed by atoms with E-state index in [0.717, 1.165) is 11.3 Å². The average molecular weight is 173 g/mol. The van der Waals surface area contributed by atoms with Crippen LogP contribution in [0.4, 0.5) is 0 Å². The molecule has 0 unspecified atom stereocenters. The number of rotatable bonds is 2. The fourth-order valence-corrected chi connectivity index (χ4v) is 1.68. The number of aldehydes is 1. The molecular formula is C9H13ClO. The third kappa shape index (κ3) is 1.48. The molecule has 1 aliphatic carbocycles. The largest absolute Gasteiger partial charge is 0.303 e. The van der Waals surface area contributed by atoms with Crippen molar-refractivity contribution in [1.82, 2.24) is 0 Å². The van der Waals surface area contributed by atoms with Crippen LogP contribution in [-0.4, -0.2) is 6.29 Å². The Kier molecular flexibility index (Phi) is 2.10. The van der Waals surface area contributed by atoms with Gasteiger partial charge in [0.05, 0.1) is 0 Å². The smallest absolute Gasteiger partial charge is 0.124 e. The third-order valence-corrected chi connectivity index (χ3v) is 2.68. The van der Waals surface area contributed by atoms with Crippen molar-refractivity contribution in [1.29, 1.82) is 0 Å². The predicted molar refractivity (Wildman–Crippen MR) is 46.4 cm³/mol. The van der Waals surface area contributed by atoms with E-state index in [-0.39, 0.29) is 11.3 Å². The normalized spacial score (nSPS) is 35.1. The Bertz CT molecular complexity index is 202. The summed E-state index contributed by atoms with van der Waals surface area (Å²) in [6.45, 7) is 6.03. The van der Waals surface area contributed by atoms with Crippen molar-refractivity contribution in [2.24, 2.45) is 17.3 Å². The lowest BCUT2D eigenvalue weighted by atomic mass is 10.1. The van der Waals surface area contributed by atoms with Gasteiger partial charge in [-0.15, -0.1) is 0 Å². The van der Waals surface area contributed by atoms with Gasteiger partial charge in [0.1, 0.15) is 6.29 Å². The molecule has 0 spiro atoms. The van der Waals surface area contributed by atoms with E-state index in [1.165, 1.54) is 0 Å². The molecule has 2 atom stereocenters. The molecule has 1 saturated carbocycles. The Hall–Kier alpha value is -0.300. The van der Waals surface area contributed by atoms with Gasteiger partial charge in [-0.2, -0.15) is 0 Å². The zero-order valence-electron chi connectivity index (χ0n) is 7.10. The molecule has 0 heterocycles. The lowest BCUT2D eigenvalue weighted by Crippen LogP contribution is -1.89. The molecular weight excluding hydrogens is 160 g/mol. The summed E-state index contributed by atoms with van der Waals surface area (Å²) in [6, 6.07) is 0. The van der Waals surface area contributed by atoms with Crippen molar-refractivity contribution >= 4 is 17.9 Å².